The molecule has 1 atom stereocenters. The Morgan fingerprint density at radius 1 is 1.10 bits per heavy atom. The average Bonchev–Trinajstić information content (AvgIpc) is 2.52. The molecule has 1 aromatic carbocycles. The topological polar surface area (TPSA) is 12.0 Å². The summed E-state index contributed by atoms with van der Waals surface area (Å²) in [5.74, 6) is 1.85. The second-order valence-electron chi connectivity index (χ2n) is 7.10. The van der Waals surface area contributed by atoms with Crippen LogP contribution in [0.1, 0.15) is 76.5 Å². The summed E-state index contributed by atoms with van der Waals surface area (Å²) < 4.78 is 0. The molecule has 1 unspecified atom stereocenters. The molecule has 1 aliphatic rings. The van der Waals surface area contributed by atoms with Gasteiger partial charge in [-0.2, -0.15) is 0 Å². The van der Waals surface area contributed by atoms with Gasteiger partial charge in [0, 0.05) is 6.04 Å². The number of hydrogen-bond acceptors (Lipinski definition) is 1. The highest BCUT2D eigenvalue weighted by atomic mass is 14.9. The molecule has 1 nitrogen and oxygen atoms in total. The van der Waals surface area contributed by atoms with Crippen molar-refractivity contribution in [1.29, 1.82) is 0 Å². The third-order valence-corrected chi connectivity index (χ3v) is 5.15. The Bertz CT molecular complexity index is 387. The van der Waals surface area contributed by atoms with Crippen molar-refractivity contribution in [3.63, 3.8) is 0 Å². The smallest absolute Gasteiger partial charge is 0.0291 e. The van der Waals surface area contributed by atoms with Crippen LogP contribution in [0.4, 0.5) is 0 Å². The Balaban J connectivity index is 1.76. The molecule has 0 bridgehead atoms. The van der Waals surface area contributed by atoms with Crippen LogP contribution in [-0.2, 0) is 6.42 Å². The van der Waals surface area contributed by atoms with E-state index in [2.05, 4.69) is 50.4 Å². The molecule has 1 aromatic rings. The maximum Gasteiger partial charge on any atom is 0.0291 e. The van der Waals surface area contributed by atoms with Crippen molar-refractivity contribution in [2.24, 2.45) is 11.8 Å². The van der Waals surface area contributed by atoms with E-state index in [1.807, 2.05) is 0 Å². The van der Waals surface area contributed by atoms with E-state index in [-0.39, 0.29) is 0 Å². The highest BCUT2D eigenvalue weighted by molar-refractivity contribution is 5.24. The van der Waals surface area contributed by atoms with E-state index in [0.29, 0.717) is 6.04 Å². The Morgan fingerprint density at radius 3 is 2.38 bits per heavy atom. The number of unbranched alkanes of at least 4 members (excludes halogenated alkanes) is 1. The van der Waals surface area contributed by atoms with E-state index in [1.54, 1.807) is 0 Å². The van der Waals surface area contributed by atoms with Gasteiger partial charge in [0.05, 0.1) is 0 Å². The SMILES string of the molecule is CCCCc1ccc(C(C)NCC2CCC(C)CC2)cc1. The van der Waals surface area contributed by atoms with Crippen LogP contribution in [0.3, 0.4) is 0 Å². The van der Waals surface area contributed by atoms with Crippen LogP contribution >= 0.6 is 0 Å². The normalized spacial score (nSPS) is 24.0. The van der Waals surface area contributed by atoms with Gasteiger partial charge in [0.15, 0.2) is 0 Å². The summed E-state index contributed by atoms with van der Waals surface area (Å²) in [6.45, 7) is 8.14. The number of nitrogens with one attached hydrogen (secondary N) is 1. The molecule has 0 spiro atoms. The molecule has 0 heterocycles. The Kier molecular flexibility index (Phi) is 6.76. The lowest BCUT2D eigenvalue weighted by Gasteiger charge is -2.27. The summed E-state index contributed by atoms with van der Waals surface area (Å²) in [7, 11) is 0. The predicted molar refractivity (Wildman–Crippen MR) is 92.6 cm³/mol. The van der Waals surface area contributed by atoms with E-state index in [4.69, 9.17) is 0 Å². The Labute approximate surface area is 131 Å². The standard InChI is InChI=1S/C20H33N/c1-4-5-6-18-11-13-20(14-12-18)17(3)21-15-19-9-7-16(2)8-10-19/h11-14,16-17,19,21H,4-10,15H2,1-3H3. The number of rotatable bonds is 7. The van der Waals surface area contributed by atoms with Crippen molar-refractivity contribution in [2.45, 2.75) is 71.8 Å². The molecule has 21 heavy (non-hydrogen) atoms. The zero-order valence-electron chi connectivity index (χ0n) is 14.2. The predicted octanol–water partition coefficient (Wildman–Crippen LogP) is 5.51. The van der Waals surface area contributed by atoms with Gasteiger partial charge in [-0.25, -0.2) is 0 Å². The van der Waals surface area contributed by atoms with Gasteiger partial charge in [0.2, 0.25) is 0 Å². The minimum Gasteiger partial charge on any atom is -0.310 e. The molecule has 0 radical (unpaired) electrons. The first-order chi connectivity index (χ1) is 10.2. The quantitative estimate of drug-likeness (QED) is 0.697. The highest BCUT2D eigenvalue weighted by Crippen LogP contribution is 2.28. The fraction of sp³-hybridized carbons (Fsp3) is 0.700. The summed E-state index contributed by atoms with van der Waals surface area (Å²) in [4.78, 5) is 0. The molecule has 1 aliphatic carbocycles. The zero-order valence-corrected chi connectivity index (χ0v) is 14.2. The molecular weight excluding hydrogens is 254 g/mol. The second-order valence-corrected chi connectivity index (χ2v) is 7.10. The van der Waals surface area contributed by atoms with Gasteiger partial charge >= 0.3 is 0 Å². The van der Waals surface area contributed by atoms with Crippen LogP contribution < -0.4 is 5.32 Å². The van der Waals surface area contributed by atoms with E-state index >= 15 is 0 Å². The fourth-order valence-corrected chi connectivity index (χ4v) is 3.35. The molecular formula is C20H33N. The molecule has 0 amide bonds. The fourth-order valence-electron chi connectivity index (χ4n) is 3.35. The molecule has 1 heteroatoms. The molecule has 2 rings (SSSR count). The monoisotopic (exact) mass is 287 g/mol. The zero-order chi connectivity index (χ0) is 15.1. The van der Waals surface area contributed by atoms with E-state index < -0.39 is 0 Å². The summed E-state index contributed by atoms with van der Waals surface area (Å²) in [6.07, 6.45) is 9.47. The third kappa shape index (κ3) is 5.47. The van der Waals surface area contributed by atoms with Gasteiger partial charge in [-0.05, 0) is 62.1 Å². The third-order valence-electron chi connectivity index (χ3n) is 5.15. The molecule has 0 aromatic heterocycles. The first-order valence-electron chi connectivity index (χ1n) is 9.01. The number of benzene rings is 1. The van der Waals surface area contributed by atoms with Crippen molar-refractivity contribution in [2.75, 3.05) is 6.54 Å². The second kappa shape index (κ2) is 8.58. The summed E-state index contributed by atoms with van der Waals surface area (Å²) in [6, 6.07) is 9.72. The van der Waals surface area contributed by atoms with Gasteiger partial charge in [0.25, 0.3) is 0 Å². The van der Waals surface area contributed by atoms with Crippen LogP contribution in [0.25, 0.3) is 0 Å². The molecule has 118 valence electrons. The van der Waals surface area contributed by atoms with Gasteiger partial charge < -0.3 is 5.32 Å². The largest absolute Gasteiger partial charge is 0.310 e. The summed E-state index contributed by atoms with van der Waals surface area (Å²) >= 11 is 0. The first kappa shape index (κ1) is 16.5. The van der Waals surface area contributed by atoms with Crippen LogP contribution in [-0.4, -0.2) is 6.54 Å². The Morgan fingerprint density at radius 2 is 1.76 bits per heavy atom. The van der Waals surface area contributed by atoms with E-state index in [9.17, 15) is 0 Å². The van der Waals surface area contributed by atoms with Crippen molar-refractivity contribution in [3.8, 4) is 0 Å². The number of aryl methyl sites for hydroxylation is 1. The van der Waals surface area contributed by atoms with E-state index in [1.165, 1.54) is 62.6 Å². The number of hydrogen-bond donors (Lipinski definition) is 1. The minimum atomic E-state index is 0.476. The van der Waals surface area contributed by atoms with Crippen LogP contribution in [0.5, 0.6) is 0 Å². The minimum absolute atomic E-state index is 0.476. The summed E-state index contributed by atoms with van der Waals surface area (Å²) in [5, 5.41) is 3.75. The molecule has 1 N–H and O–H groups in total. The maximum absolute atomic E-state index is 3.75. The van der Waals surface area contributed by atoms with Crippen molar-refractivity contribution in [1.82, 2.24) is 5.32 Å². The average molecular weight is 287 g/mol. The van der Waals surface area contributed by atoms with Crippen LogP contribution in [0.2, 0.25) is 0 Å². The lowest BCUT2D eigenvalue weighted by Crippen LogP contribution is -2.28. The maximum atomic E-state index is 3.75. The van der Waals surface area contributed by atoms with Gasteiger partial charge in [-0.3, -0.25) is 0 Å². The first-order valence-corrected chi connectivity index (χ1v) is 9.01. The summed E-state index contributed by atoms with van der Waals surface area (Å²) in [5.41, 5.74) is 2.91. The lowest BCUT2D eigenvalue weighted by atomic mass is 9.83. The Hall–Kier alpha value is -0.820. The van der Waals surface area contributed by atoms with E-state index in [0.717, 1.165) is 11.8 Å². The van der Waals surface area contributed by atoms with Crippen molar-refractivity contribution < 1.29 is 0 Å². The van der Waals surface area contributed by atoms with Crippen molar-refractivity contribution >= 4 is 0 Å². The molecule has 1 saturated carbocycles. The van der Waals surface area contributed by atoms with Gasteiger partial charge in [-0.1, -0.05) is 57.4 Å². The molecule has 1 fully saturated rings. The molecule has 0 aliphatic heterocycles. The van der Waals surface area contributed by atoms with Crippen molar-refractivity contribution in [3.05, 3.63) is 35.4 Å². The van der Waals surface area contributed by atoms with Gasteiger partial charge in [0.1, 0.15) is 0 Å². The molecule has 0 saturated heterocycles. The van der Waals surface area contributed by atoms with Crippen LogP contribution in [0, 0.1) is 11.8 Å². The highest BCUT2D eigenvalue weighted by Gasteiger charge is 2.18. The lowest BCUT2D eigenvalue weighted by molar-refractivity contribution is 0.276. The van der Waals surface area contributed by atoms with Crippen LogP contribution in [0.15, 0.2) is 24.3 Å². The van der Waals surface area contributed by atoms with Gasteiger partial charge in [-0.15, -0.1) is 0 Å².